The molecule has 3 atom stereocenters. The van der Waals surface area contributed by atoms with Crippen molar-refractivity contribution in [3.05, 3.63) is 60.2 Å². The maximum absolute atomic E-state index is 13.7. The van der Waals surface area contributed by atoms with E-state index in [-0.39, 0.29) is 13.2 Å². The Balaban J connectivity index is 1.89. The van der Waals surface area contributed by atoms with E-state index in [2.05, 4.69) is 5.32 Å². The lowest BCUT2D eigenvalue weighted by Crippen LogP contribution is -2.62. The van der Waals surface area contributed by atoms with E-state index in [0.29, 0.717) is 17.0 Å². The van der Waals surface area contributed by atoms with Gasteiger partial charge in [0, 0.05) is 6.04 Å². The molecule has 2 aliphatic heterocycles. The standard InChI is InChI=1S/C25H26N2O7/c1-4-33-23(30)25(24(31)34-5-2)19-18(20(26-25)15-11-13-17(32-3)14-12-15)21(28)27(22(19)29)16-9-7-6-8-10-16/h6-14,18-20,26H,4-5H2,1-3H3/t18-,19-,20-/m0/s1. The van der Waals surface area contributed by atoms with Crippen LogP contribution in [0.4, 0.5) is 5.69 Å². The number of methoxy groups -OCH3 is 1. The van der Waals surface area contributed by atoms with E-state index in [4.69, 9.17) is 14.2 Å². The van der Waals surface area contributed by atoms with Crippen LogP contribution in [0.5, 0.6) is 5.75 Å². The first-order valence-corrected chi connectivity index (χ1v) is 11.1. The molecule has 2 aromatic rings. The lowest BCUT2D eigenvalue weighted by molar-refractivity contribution is -0.169. The molecule has 2 amide bonds. The van der Waals surface area contributed by atoms with E-state index in [1.54, 1.807) is 68.4 Å². The fourth-order valence-electron chi connectivity index (χ4n) is 4.79. The number of nitrogens with zero attached hydrogens (tertiary/aromatic N) is 1. The number of esters is 2. The summed E-state index contributed by atoms with van der Waals surface area (Å²) in [7, 11) is 1.53. The molecule has 2 aromatic carbocycles. The van der Waals surface area contributed by atoms with Gasteiger partial charge in [0.05, 0.1) is 37.8 Å². The van der Waals surface area contributed by atoms with Crippen LogP contribution in [0.3, 0.4) is 0 Å². The number of para-hydroxylation sites is 1. The number of hydrogen-bond donors (Lipinski definition) is 1. The smallest absolute Gasteiger partial charge is 0.338 e. The number of nitrogens with one attached hydrogen (secondary N) is 1. The van der Waals surface area contributed by atoms with Crippen LogP contribution in [0.2, 0.25) is 0 Å². The van der Waals surface area contributed by atoms with Crippen LogP contribution in [0.15, 0.2) is 54.6 Å². The number of hydrogen-bond acceptors (Lipinski definition) is 8. The van der Waals surface area contributed by atoms with Gasteiger partial charge in [-0.3, -0.25) is 14.9 Å². The highest BCUT2D eigenvalue weighted by atomic mass is 16.6. The summed E-state index contributed by atoms with van der Waals surface area (Å²) in [6.45, 7) is 3.16. The Hall–Kier alpha value is -3.72. The van der Waals surface area contributed by atoms with Crippen LogP contribution >= 0.6 is 0 Å². The fraction of sp³-hybridized carbons (Fsp3) is 0.360. The molecule has 9 heteroatoms. The molecule has 0 bridgehead atoms. The van der Waals surface area contributed by atoms with Crippen molar-refractivity contribution >= 4 is 29.4 Å². The number of fused-ring (bicyclic) bond motifs is 1. The highest BCUT2D eigenvalue weighted by Gasteiger charge is 2.73. The molecule has 9 nitrogen and oxygen atoms in total. The van der Waals surface area contributed by atoms with Gasteiger partial charge in [0.1, 0.15) is 5.75 Å². The molecule has 2 heterocycles. The van der Waals surface area contributed by atoms with Crippen molar-refractivity contribution in [3.8, 4) is 5.75 Å². The summed E-state index contributed by atoms with van der Waals surface area (Å²) in [5.41, 5.74) is -1.19. The average Bonchev–Trinajstić information content (AvgIpc) is 3.34. The summed E-state index contributed by atoms with van der Waals surface area (Å²) in [6, 6.07) is 14.5. The van der Waals surface area contributed by atoms with Gasteiger partial charge < -0.3 is 14.2 Å². The van der Waals surface area contributed by atoms with Crippen LogP contribution in [0, 0.1) is 11.8 Å². The van der Waals surface area contributed by atoms with Crippen molar-refractivity contribution in [2.75, 3.05) is 25.2 Å². The second-order valence-corrected chi connectivity index (χ2v) is 8.00. The number of carbonyl (C=O) groups excluding carboxylic acids is 4. The Morgan fingerprint density at radius 3 is 2.03 bits per heavy atom. The van der Waals surface area contributed by atoms with E-state index in [1.807, 2.05) is 0 Å². The van der Waals surface area contributed by atoms with Crippen molar-refractivity contribution in [1.82, 2.24) is 5.32 Å². The molecule has 2 aliphatic rings. The molecule has 2 saturated heterocycles. The van der Waals surface area contributed by atoms with Crippen LogP contribution in [-0.2, 0) is 28.7 Å². The number of amides is 2. The normalized spacial score (nSPS) is 22.9. The molecule has 4 rings (SSSR count). The summed E-state index contributed by atoms with van der Waals surface area (Å²) in [4.78, 5) is 55.1. The third-order valence-electron chi connectivity index (χ3n) is 6.24. The Kier molecular flexibility index (Phi) is 6.39. The fourth-order valence-corrected chi connectivity index (χ4v) is 4.79. The second-order valence-electron chi connectivity index (χ2n) is 8.00. The van der Waals surface area contributed by atoms with Gasteiger partial charge in [0.15, 0.2) is 0 Å². The number of benzene rings is 2. The zero-order valence-electron chi connectivity index (χ0n) is 19.1. The lowest BCUT2D eigenvalue weighted by atomic mass is 9.79. The first-order chi connectivity index (χ1) is 16.4. The van der Waals surface area contributed by atoms with Crippen LogP contribution in [-0.4, -0.2) is 49.6 Å². The summed E-state index contributed by atoms with van der Waals surface area (Å²) in [6.07, 6.45) is 0. The third-order valence-corrected chi connectivity index (χ3v) is 6.24. The first kappa shape index (κ1) is 23.4. The van der Waals surface area contributed by atoms with E-state index < -0.39 is 47.2 Å². The van der Waals surface area contributed by atoms with Crippen molar-refractivity contribution < 1.29 is 33.4 Å². The summed E-state index contributed by atoms with van der Waals surface area (Å²) in [5, 5.41) is 3.00. The summed E-state index contributed by atoms with van der Waals surface area (Å²) in [5.74, 6) is -4.85. The Morgan fingerprint density at radius 2 is 1.50 bits per heavy atom. The number of anilines is 1. The van der Waals surface area contributed by atoms with Crippen molar-refractivity contribution in [3.63, 3.8) is 0 Å². The molecule has 0 unspecified atom stereocenters. The predicted molar refractivity (Wildman–Crippen MR) is 121 cm³/mol. The Bertz CT molecular complexity index is 1080. The van der Waals surface area contributed by atoms with Crippen LogP contribution < -0.4 is 15.0 Å². The average molecular weight is 466 g/mol. The molecule has 178 valence electrons. The molecular formula is C25H26N2O7. The van der Waals surface area contributed by atoms with Gasteiger partial charge in [-0.05, 0) is 43.7 Å². The molecule has 0 saturated carbocycles. The summed E-state index contributed by atoms with van der Waals surface area (Å²) < 4.78 is 15.7. The molecular weight excluding hydrogens is 440 g/mol. The highest BCUT2D eigenvalue weighted by Crippen LogP contribution is 2.50. The molecule has 2 fully saturated rings. The monoisotopic (exact) mass is 466 g/mol. The SMILES string of the molecule is CCOC(=O)C1(C(=O)OCC)N[C@@H](c2ccc(OC)cc2)[C@H]2C(=O)N(c3ccccc3)C(=O)[C@H]21. The van der Waals surface area contributed by atoms with Gasteiger partial charge in [0.25, 0.3) is 0 Å². The minimum atomic E-state index is -2.17. The number of carbonyl (C=O) groups is 4. The first-order valence-electron chi connectivity index (χ1n) is 11.1. The molecule has 0 spiro atoms. The van der Waals surface area contributed by atoms with E-state index in [9.17, 15) is 19.2 Å². The second kappa shape index (κ2) is 9.26. The van der Waals surface area contributed by atoms with Gasteiger partial charge in [-0.25, -0.2) is 14.5 Å². The zero-order valence-corrected chi connectivity index (χ0v) is 19.1. The largest absolute Gasteiger partial charge is 0.497 e. The topological polar surface area (TPSA) is 111 Å². The molecule has 34 heavy (non-hydrogen) atoms. The molecule has 0 aromatic heterocycles. The lowest BCUT2D eigenvalue weighted by Gasteiger charge is -2.30. The highest BCUT2D eigenvalue weighted by molar-refractivity contribution is 6.27. The quantitative estimate of drug-likeness (QED) is 0.375. The number of rotatable bonds is 7. The van der Waals surface area contributed by atoms with Gasteiger partial charge in [-0.15, -0.1) is 0 Å². The number of imide groups is 1. The van der Waals surface area contributed by atoms with Crippen molar-refractivity contribution in [2.24, 2.45) is 11.8 Å². The predicted octanol–water partition coefficient (Wildman–Crippen LogP) is 2.01. The van der Waals surface area contributed by atoms with Crippen molar-refractivity contribution in [2.45, 2.75) is 25.4 Å². The van der Waals surface area contributed by atoms with Gasteiger partial charge >= 0.3 is 11.9 Å². The minimum absolute atomic E-state index is 0.0171. The van der Waals surface area contributed by atoms with E-state index in [0.717, 1.165) is 4.90 Å². The van der Waals surface area contributed by atoms with E-state index >= 15 is 0 Å². The molecule has 1 N–H and O–H groups in total. The third kappa shape index (κ3) is 3.52. The van der Waals surface area contributed by atoms with Crippen LogP contribution in [0.1, 0.15) is 25.5 Å². The van der Waals surface area contributed by atoms with Gasteiger partial charge in [-0.1, -0.05) is 30.3 Å². The van der Waals surface area contributed by atoms with Gasteiger partial charge in [-0.2, -0.15) is 0 Å². The van der Waals surface area contributed by atoms with E-state index in [1.165, 1.54) is 7.11 Å². The minimum Gasteiger partial charge on any atom is -0.497 e. The Morgan fingerprint density at radius 1 is 0.912 bits per heavy atom. The Labute approximate surface area is 197 Å². The maximum Gasteiger partial charge on any atom is 0.338 e. The van der Waals surface area contributed by atoms with Crippen LogP contribution in [0.25, 0.3) is 0 Å². The maximum atomic E-state index is 13.7. The van der Waals surface area contributed by atoms with Crippen molar-refractivity contribution in [1.29, 1.82) is 0 Å². The molecule has 0 radical (unpaired) electrons. The van der Waals surface area contributed by atoms with Gasteiger partial charge in [0.2, 0.25) is 17.4 Å². The molecule has 0 aliphatic carbocycles. The zero-order chi connectivity index (χ0) is 24.5. The number of ether oxygens (including phenoxy) is 3. The summed E-state index contributed by atoms with van der Waals surface area (Å²) >= 11 is 0.